The van der Waals surface area contributed by atoms with Crippen LogP contribution >= 0.6 is 0 Å². The number of carboxylic acids is 1. The van der Waals surface area contributed by atoms with Crippen molar-refractivity contribution in [2.45, 2.75) is 46.3 Å². The smallest absolute Gasteiger partial charge is 0.305 e. The molecule has 1 amide bonds. The minimum atomic E-state index is -0.900. The molecule has 0 aliphatic heterocycles. The number of hydrogen-bond acceptors (Lipinski definition) is 3. The second-order valence-corrected chi connectivity index (χ2v) is 3.99. The van der Waals surface area contributed by atoms with Gasteiger partial charge in [-0.15, -0.1) is 0 Å². The van der Waals surface area contributed by atoms with Gasteiger partial charge in [0, 0.05) is 12.6 Å². The fraction of sp³-hybridized carbons (Fsp3) is 0.818. The van der Waals surface area contributed by atoms with Crippen molar-refractivity contribution in [1.29, 1.82) is 0 Å². The Kier molecular flexibility index (Phi) is 6.72. The van der Waals surface area contributed by atoms with E-state index in [4.69, 9.17) is 9.84 Å². The fourth-order valence-electron chi connectivity index (χ4n) is 1.42. The summed E-state index contributed by atoms with van der Waals surface area (Å²) >= 11 is 0. The van der Waals surface area contributed by atoms with Gasteiger partial charge in [-0.1, -0.05) is 0 Å². The third kappa shape index (κ3) is 5.70. The molecule has 1 atom stereocenters. The fourth-order valence-corrected chi connectivity index (χ4v) is 1.42. The van der Waals surface area contributed by atoms with E-state index in [1.54, 1.807) is 6.92 Å². The molecule has 0 aliphatic carbocycles. The van der Waals surface area contributed by atoms with Crippen molar-refractivity contribution < 1.29 is 19.4 Å². The van der Waals surface area contributed by atoms with Crippen LogP contribution in [0.25, 0.3) is 0 Å². The van der Waals surface area contributed by atoms with Crippen molar-refractivity contribution in [3.05, 3.63) is 0 Å². The predicted octanol–water partition coefficient (Wildman–Crippen LogP) is 1.12. The minimum Gasteiger partial charge on any atom is -0.481 e. The molecule has 5 nitrogen and oxygen atoms in total. The Morgan fingerprint density at radius 3 is 2.25 bits per heavy atom. The van der Waals surface area contributed by atoms with Crippen LogP contribution < -0.4 is 0 Å². The number of carboxylic acid groups (broad SMARTS) is 1. The first-order chi connectivity index (χ1) is 7.38. The van der Waals surface area contributed by atoms with Crippen LogP contribution in [-0.2, 0) is 14.3 Å². The van der Waals surface area contributed by atoms with Crippen LogP contribution in [0.15, 0.2) is 0 Å². The first-order valence-electron chi connectivity index (χ1n) is 5.51. The topological polar surface area (TPSA) is 66.8 Å². The van der Waals surface area contributed by atoms with Crippen molar-refractivity contribution >= 4 is 11.9 Å². The SMILES string of the molecule is CCN(C(=O)COC(C)C)C(C)CC(=O)O. The molecule has 0 aromatic heterocycles. The summed E-state index contributed by atoms with van der Waals surface area (Å²) in [7, 11) is 0. The summed E-state index contributed by atoms with van der Waals surface area (Å²) in [5.41, 5.74) is 0. The quantitative estimate of drug-likeness (QED) is 0.713. The number of aliphatic carboxylic acids is 1. The molecular weight excluding hydrogens is 210 g/mol. The van der Waals surface area contributed by atoms with Crippen LogP contribution in [0.2, 0.25) is 0 Å². The molecule has 1 N–H and O–H groups in total. The van der Waals surface area contributed by atoms with Crippen LogP contribution in [0.1, 0.15) is 34.1 Å². The highest BCUT2D eigenvalue weighted by Gasteiger charge is 2.20. The van der Waals surface area contributed by atoms with E-state index < -0.39 is 5.97 Å². The van der Waals surface area contributed by atoms with Gasteiger partial charge in [0.2, 0.25) is 5.91 Å². The van der Waals surface area contributed by atoms with Crippen LogP contribution in [0.5, 0.6) is 0 Å². The molecule has 0 aromatic carbocycles. The van der Waals surface area contributed by atoms with Gasteiger partial charge in [-0.3, -0.25) is 9.59 Å². The number of amides is 1. The van der Waals surface area contributed by atoms with Gasteiger partial charge in [0.1, 0.15) is 6.61 Å². The van der Waals surface area contributed by atoms with Crippen molar-refractivity contribution in [3.8, 4) is 0 Å². The van der Waals surface area contributed by atoms with Gasteiger partial charge < -0.3 is 14.7 Å². The summed E-state index contributed by atoms with van der Waals surface area (Å²) in [5.74, 6) is -1.06. The van der Waals surface area contributed by atoms with E-state index in [0.29, 0.717) is 6.54 Å². The number of carbonyl (C=O) groups is 2. The van der Waals surface area contributed by atoms with Gasteiger partial charge in [0.25, 0.3) is 0 Å². The van der Waals surface area contributed by atoms with Gasteiger partial charge in [0.05, 0.1) is 12.5 Å². The summed E-state index contributed by atoms with van der Waals surface area (Å²) < 4.78 is 5.20. The Bertz CT molecular complexity index is 240. The molecule has 0 rings (SSSR count). The van der Waals surface area contributed by atoms with Gasteiger partial charge >= 0.3 is 5.97 Å². The zero-order valence-corrected chi connectivity index (χ0v) is 10.4. The van der Waals surface area contributed by atoms with Gasteiger partial charge in [0.15, 0.2) is 0 Å². The van der Waals surface area contributed by atoms with Crippen LogP contribution in [-0.4, -0.2) is 47.2 Å². The third-order valence-corrected chi connectivity index (χ3v) is 2.20. The second kappa shape index (κ2) is 7.22. The highest BCUT2D eigenvalue weighted by atomic mass is 16.5. The maximum absolute atomic E-state index is 11.7. The molecule has 94 valence electrons. The Morgan fingerprint density at radius 2 is 1.88 bits per heavy atom. The first-order valence-corrected chi connectivity index (χ1v) is 5.51. The summed E-state index contributed by atoms with van der Waals surface area (Å²) in [6.45, 7) is 7.76. The second-order valence-electron chi connectivity index (χ2n) is 3.99. The Hall–Kier alpha value is -1.10. The summed E-state index contributed by atoms with van der Waals surface area (Å²) in [6, 6.07) is -0.300. The maximum Gasteiger partial charge on any atom is 0.305 e. The highest BCUT2D eigenvalue weighted by molar-refractivity contribution is 5.78. The van der Waals surface area contributed by atoms with Crippen molar-refractivity contribution in [2.75, 3.05) is 13.2 Å². The lowest BCUT2D eigenvalue weighted by atomic mass is 10.2. The minimum absolute atomic E-state index is 0.00237. The van der Waals surface area contributed by atoms with Crippen LogP contribution in [0.4, 0.5) is 0 Å². The molecular formula is C11H21NO4. The average Bonchev–Trinajstić information content (AvgIpc) is 2.14. The highest BCUT2D eigenvalue weighted by Crippen LogP contribution is 2.05. The van der Waals surface area contributed by atoms with E-state index in [-0.39, 0.29) is 31.1 Å². The van der Waals surface area contributed by atoms with Crippen LogP contribution in [0.3, 0.4) is 0 Å². The molecule has 0 aliphatic rings. The van der Waals surface area contributed by atoms with E-state index in [1.165, 1.54) is 4.90 Å². The number of hydrogen-bond donors (Lipinski definition) is 1. The molecule has 1 unspecified atom stereocenters. The lowest BCUT2D eigenvalue weighted by Crippen LogP contribution is -2.42. The Balaban J connectivity index is 4.24. The Labute approximate surface area is 96.4 Å². The molecule has 0 saturated carbocycles. The van der Waals surface area contributed by atoms with E-state index in [0.717, 1.165) is 0 Å². The lowest BCUT2D eigenvalue weighted by Gasteiger charge is -2.27. The molecule has 16 heavy (non-hydrogen) atoms. The normalized spacial score (nSPS) is 12.6. The monoisotopic (exact) mass is 231 g/mol. The number of ether oxygens (including phenoxy) is 1. The summed E-state index contributed by atoms with van der Waals surface area (Å²) in [4.78, 5) is 23.8. The van der Waals surface area contributed by atoms with E-state index in [2.05, 4.69) is 0 Å². The number of nitrogens with zero attached hydrogens (tertiary/aromatic N) is 1. The first kappa shape index (κ1) is 14.9. The Morgan fingerprint density at radius 1 is 1.31 bits per heavy atom. The summed E-state index contributed by atoms with van der Waals surface area (Å²) in [5, 5.41) is 8.66. The van der Waals surface area contributed by atoms with E-state index >= 15 is 0 Å². The third-order valence-electron chi connectivity index (χ3n) is 2.20. The van der Waals surface area contributed by atoms with E-state index in [9.17, 15) is 9.59 Å². The standard InChI is InChI=1S/C11H21NO4/c1-5-12(9(4)6-11(14)15)10(13)7-16-8(2)3/h8-9H,5-7H2,1-4H3,(H,14,15). The van der Waals surface area contributed by atoms with E-state index in [1.807, 2.05) is 20.8 Å². The van der Waals surface area contributed by atoms with Gasteiger partial charge in [-0.25, -0.2) is 0 Å². The molecule has 0 spiro atoms. The average molecular weight is 231 g/mol. The van der Waals surface area contributed by atoms with Crippen LogP contribution in [0, 0.1) is 0 Å². The number of carbonyl (C=O) groups excluding carboxylic acids is 1. The molecule has 0 fully saturated rings. The van der Waals surface area contributed by atoms with Crippen molar-refractivity contribution in [2.24, 2.45) is 0 Å². The predicted molar refractivity (Wildman–Crippen MR) is 60.2 cm³/mol. The van der Waals surface area contributed by atoms with Crippen molar-refractivity contribution in [1.82, 2.24) is 4.90 Å². The molecule has 0 heterocycles. The zero-order valence-electron chi connectivity index (χ0n) is 10.4. The molecule has 0 bridgehead atoms. The lowest BCUT2D eigenvalue weighted by molar-refractivity contribution is -0.143. The zero-order chi connectivity index (χ0) is 12.7. The number of likely N-dealkylation sites (N-methyl/N-ethyl adjacent to an activating group) is 1. The number of rotatable bonds is 7. The maximum atomic E-state index is 11.7. The van der Waals surface area contributed by atoms with Gasteiger partial charge in [-0.05, 0) is 27.7 Å². The van der Waals surface area contributed by atoms with Crippen molar-refractivity contribution in [3.63, 3.8) is 0 Å². The molecule has 0 radical (unpaired) electrons. The molecule has 5 heteroatoms. The largest absolute Gasteiger partial charge is 0.481 e. The summed E-state index contributed by atoms with van der Waals surface area (Å²) in [6.07, 6.45) is -0.0428. The molecule has 0 saturated heterocycles. The molecule has 0 aromatic rings. The van der Waals surface area contributed by atoms with Gasteiger partial charge in [-0.2, -0.15) is 0 Å².